The molecule has 1 aromatic heterocycles. The molecule has 82 valence electrons. The molecule has 0 saturated carbocycles. The van der Waals surface area contributed by atoms with Crippen LogP contribution in [0.2, 0.25) is 0 Å². The highest BCUT2D eigenvalue weighted by Gasteiger charge is 2.20. The summed E-state index contributed by atoms with van der Waals surface area (Å²) < 4.78 is 7.14. The molecule has 0 bridgehead atoms. The van der Waals surface area contributed by atoms with E-state index in [-0.39, 0.29) is 5.78 Å². The Kier molecular flexibility index (Phi) is 2.86. The molecule has 0 aromatic carbocycles. The number of nitrogens with zero attached hydrogens (tertiary/aromatic N) is 2. The molecular formula is C11H16N2O2. The lowest BCUT2D eigenvalue weighted by Crippen LogP contribution is -2.16. The third kappa shape index (κ3) is 2.09. The Balaban J connectivity index is 2.22. The van der Waals surface area contributed by atoms with Crippen LogP contribution in [0, 0.1) is 0 Å². The van der Waals surface area contributed by atoms with Gasteiger partial charge in [0.2, 0.25) is 0 Å². The van der Waals surface area contributed by atoms with Crippen LogP contribution < -0.4 is 0 Å². The molecule has 1 saturated heterocycles. The molecule has 0 N–H and O–H groups in total. The Morgan fingerprint density at radius 2 is 2.20 bits per heavy atom. The first-order valence-corrected chi connectivity index (χ1v) is 5.31. The lowest BCUT2D eigenvalue weighted by atomic mass is 9.96. The molecule has 0 radical (unpaired) electrons. The van der Waals surface area contributed by atoms with E-state index >= 15 is 0 Å². The van der Waals surface area contributed by atoms with Crippen molar-refractivity contribution in [1.82, 2.24) is 9.78 Å². The van der Waals surface area contributed by atoms with Gasteiger partial charge in [-0.2, -0.15) is 5.10 Å². The maximum Gasteiger partial charge on any atom is 0.179 e. The van der Waals surface area contributed by atoms with Gasteiger partial charge in [0.15, 0.2) is 5.78 Å². The normalized spacial score (nSPS) is 18.0. The van der Waals surface area contributed by atoms with Gasteiger partial charge in [-0.15, -0.1) is 0 Å². The zero-order valence-corrected chi connectivity index (χ0v) is 9.19. The predicted octanol–water partition coefficient (Wildman–Crippen LogP) is 1.52. The molecule has 4 nitrogen and oxygen atoms in total. The number of hydrogen-bond donors (Lipinski definition) is 0. The van der Waals surface area contributed by atoms with Crippen molar-refractivity contribution in [2.45, 2.75) is 25.7 Å². The lowest BCUT2D eigenvalue weighted by Gasteiger charge is -2.21. The Labute approximate surface area is 89.2 Å². The van der Waals surface area contributed by atoms with Crippen LogP contribution in [0.3, 0.4) is 0 Å². The molecule has 2 heterocycles. The third-order valence-corrected chi connectivity index (χ3v) is 2.92. The van der Waals surface area contributed by atoms with Gasteiger partial charge >= 0.3 is 0 Å². The van der Waals surface area contributed by atoms with Gasteiger partial charge in [-0.3, -0.25) is 9.48 Å². The number of ether oxygens (including phenoxy) is 1. The van der Waals surface area contributed by atoms with Crippen LogP contribution in [-0.2, 0) is 11.8 Å². The van der Waals surface area contributed by atoms with Crippen LogP contribution in [0.25, 0.3) is 0 Å². The topological polar surface area (TPSA) is 44.1 Å². The molecule has 1 aromatic rings. The molecule has 2 rings (SSSR count). The van der Waals surface area contributed by atoms with E-state index in [4.69, 9.17) is 4.74 Å². The van der Waals surface area contributed by atoms with E-state index < -0.39 is 0 Å². The van der Waals surface area contributed by atoms with E-state index in [1.807, 2.05) is 17.8 Å². The van der Waals surface area contributed by atoms with Gasteiger partial charge in [-0.05, 0) is 18.9 Å². The van der Waals surface area contributed by atoms with Crippen molar-refractivity contribution in [3.05, 3.63) is 17.5 Å². The highest BCUT2D eigenvalue weighted by molar-refractivity contribution is 5.92. The summed E-state index contributed by atoms with van der Waals surface area (Å²) in [7, 11) is 1.90. The minimum absolute atomic E-state index is 0.0314. The van der Waals surface area contributed by atoms with Crippen LogP contribution in [0.15, 0.2) is 6.07 Å². The van der Waals surface area contributed by atoms with E-state index in [0.717, 1.165) is 31.7 Å². The predicted molar refractivity (Wildman–Crippen MR) is 56.0 cm³/mol. The fourth-order valence-corrected chi connectivity index (χ4v) is 2.03. The average molecular weight is 208 g/mol. The van der Waals surface area contributed by atoms with Crippen molar-refractivity contribution < 1.29 is 9.53 Å². The fourth-order valence-electron chi connectivity index (χ4n) is 2.03. The molecule has 0 aliphatic carbocycles. The van der Waals surface area contributed by atoms with Crippen LogP contribution in [0.5, 0.6) is 0 Å². The minimum Gasteiger partial charge on any atom is -0.381 e. The maximum absolute atomic E-state index is 11.2. The fraction of sp³-hybridized carbons (Fsp3) is 0.636. The summed E-state index contributed by atoms with van der Waals surface area (Å²) in [5, 5.41) is 4.21. The second kappa shape index (κ2) is 4.14. The molecule has 0 amide bonds. The van der Waals surface area contributed by atoms with E-state index in [1.54, 1.807) is 6.92 Å². The Morgan fingerprint density at radius 3 is 2.73 bits per heavy atom. The van der Waals surface area contributed by atoms with Gasteiger partial charge in [0, 0.05) is 38.8 Å². The van der Waals surface area contributed by atoms with Crippen molar-refractivity contribution in [1.29, 1.82) is 0 Å². The lowest BCUT2D eigenvalue weighted by molar-refractivity contribution is 0.0837. The SMILES string of the molecule is CC(=O)c1cc(C2CCOCC2)n(C)n1. The summed E-state index contributed by atoms with van der Waals surface area (Å²) in [5.41, 5.74) is 1.72. The number of aryl methyl sites for hydroxylation is 1. The summed E-state index contributed by atoms with van der Waals surface area (Å²) >= 11 is 0. The molecule has 0 unspecified atom stereocenters. The van der Waals surface area contributed by atoms with E-state index in [9.17, 15) is 4.79 Å². The molecule has 1 aliphatic rings. The number of Topliss-reactive ketones (excluding diaryl/α,β-unsaturated/α-hetero) is 1. The van der Waals surface area contributed by atoms with Gasteiger partial charge in [-0.25, -0.2) is 0 Å². The highest BCUT2D eigenvalue weighted by atomic mass is 16.5. The first-order chi connectivity index (χ1) is 7.18. The Morgan fingerprint density at radius 1 is 1.53 bits per heavy atom. The van der Waals surface area contributed by atoms with E-state index in [0.29, 0.717) is 11.6 Å². The molecule has 4 heteroatoms. The van der Waals surface area contributed by atoms with Crippen molar-refractivity contribution in [2.24, 2.45) is 7.05 Å². The summed E-state index contributed by atoms with van der Waals surface area (Å²) in [6.07, 6.45) is 2.05. The second-order valence-electron chi connectivity index (χ2n) is 4.02. The van der Waals surface area contributed by atoms with Crippen LogP contribution in [-0.4, -0.2) is 28.8 Å². The zero-order valence-electron chi connectivity index (χ0n) is 9.19. The number of rotatable bonds is 2. The summed E-state index contributed by atoms with van der Waals surface area (Å²) in [5.74, 6) is 0.522. The average Bonchev–Trinajstić information content (AvgIpc) is 2.62. The van der Waals surface area contributed by atoms with E-state index in [1.165, 1.54) is 0 Å². The van der Waals surface area contributed by atoms with E-state index in [2.05, 4.69) is 5.10 Å². The first-order valence-electron chi connectivity index (χ1n) is 5.31. The molecule has 15 heavy (non-hydrogen) atoms. The van der Waals surface area contributed by atoms with Gasteiger partial charge in [0.1, 0.15) is 5.69 Å². The van der Waals surface area contributed by atoms with Crippen LogP contribution in [0.4, 0.5) is 0 Å². The quantitative estimate of drug-likeness (QED) is 0.692. The van der Waals surface area contributed by atoms with Gasteiger partial charge in [0.05, 0.1) is 0 Å². The summed E-state index contributed by atoms with van der Waals surface area (Å²) in [6, 6.07) is 1.92. The standard InChI is InChI=1S/C11H16N2O2/c1-8(14)10-7-11(13(2)12-10)9-3-5-15-6-4-9/h7,9H,3-6H2,1-2H3. The van der Waals surface area contributed by atoms with Gasteiger partial charge in [0.25, 0.3) is 0 Å². The number of carbonyl (C=O) groups is 1. The largest absolute Gasteiger partial charge is 0.381 e. The maximum atomic E-state index is 11.2. The highest BCUT2D eigenvalue weighted by Crippen LogP contribution is 2.26. The smallest absolute Gasteiger partial charge is 0.179 e. The van der Waals surface area contributed by atoms with Gasteiger partial charge in [-0.1, -0.05) is 0 Å². The number of aromatic nitrogens is 2. The van der Waals surface area contributed by atoms with Crippen molar-refractivity contribution >= 4 is 5.78 Å². The zero-order chi connectivity index (χ0) is 10.8. The summed E-state index contributed by atoms with van der Waals surface area (Å²) in [4.78, 5) is 11.2. The molecule has 0 spiro atoms. The van der Waals surface area contributed by atoms with Crippen molar-refractivity contribution in [2.75, 3.05) is 13.2 Å². The van der Waals surface area contributed by atoms with Gasteiger partial charge < -0.3 is 4.74 Å². The molecular weight excluding hydrogens is 192 g/mol. The Hall–Kier alpha value is -1.16. The minimum atomic E-state index is 0.0314. The Bertz CT molecular complexity index is 365. The molecule has 1 fully saturated rings. The van der Waals surface area contributed by atoms with Crippen LogP contribution in [0.1, 0.15) is 41.9 Å². The first kappa shape index (κ1) is 10.4. The molecule has 1 aliphatic heterocycles. The number of carbonyl (C=O) groups excluding carboxylic acids is 1. The van der Waals surface area contributed by atoms with Crippen molar-refractivity contribution in [3.8, 4) is 0 Å². The number of hydrogen-bond acceptors (Lipinski definition) is 3. The van der Waals surface area contributed by atoms with Crippen molar-refractivity contribution in [3.63, 3.8) is 0 Å². The van der Waals surface area contributed by atoms with Crippen LogP contribution >= 0.6 is 0 Å². The number of ketones is 1. The second-order valence-corrected chi connectivity index (χ2v) is 4.02. The third-order valence-electron chi connectivity index (χ3n) is 2.92. The molecule has 0 atom stereocenters. The summed E-state index contributed by atoms with van der Waals surface area (Å²) in [6.45, 7) is 3.17. The monoisotopic (exact) mass is 208 g/mol.